The number of aliphatic hydroxyl groups is 1. The smallest absolute Gasteiger partial charge is 0.142 e. The Labute approximate surface area is 126 Å². The lowest BCUT2D eigenvalue weighted by molar-refractivity contribution is 0.174. The van der Waals surface area contributed by atoms with Crippen molar-refractivity contribution in [1.29, 1.82) is 0 Å². The molecule has 108 valence electrons. The maximum Gasteiger partial charge on any atom is 0.142 e. The SMILES string of the molecule is Cn1c(CC(O)c2ccc(Cl)c(F)c2)nc2ccccc21. The van der Waals surface area contributed by atoms with Gasteiger partial charge in [0.15, 0.2) is 0 Å². The molecule has 3 nitrogen and oxygen atoms in total. The van der Waals surface area contributed by atoms with Gasteiger partial charge in [0.05, 0.1) is 22.2 Å². The molecule has 3 rings (SSSR count). The lowest BCUT2D eigenvalue weighted by atomic mass is 10.1. The molecule has 0 aliphatic rings. The summed E-state index contributed by atoms with van der Waals surface area (Å²) >= 11 is 5.65. The average Bonchev–Trinajstić information content (AvgIpc) is 2.79. The van der Waals surface area contributed by atoms with Gasteiger partial charge in [-0.05, 0) is 29.8 Å². The largest absolute Gasteiger partial charge is 0.388 e. The zero-order chi connectivity index (χ0) is 15.0. The molecule has 1 aromatic heterocycles. The minimum absolute atomic E-state index is 0.0497. The number of aryl methyl sites for hydroxylation is 1. The molecule has 1 N–H and O–H groups in total. The van der Waals surface area contributed by atoms with Crippen LogP contribution in [0.3, 0.4) is 0 Å². The van der Waals surface area contributed by atoms with Gasteiger partial charge in [-0.1, -0.05) is 29.8 Å². The van der Waals surface area contributed by atoms with Crippen molar-refractivity contribution in [3.05, 3.63) is 64.7 Å². The maximum atomic E-state index is 13.5. The van der Waals surface area contributed by atoms with Gasteiger partial charge in [0.2, 0.25) is 0 Å². The summed E-state index contributed by atoms with van der Waals surface area (Å²) in [6.45, 7) is 0. The number of hydrogen-bond acceptors (Lipinski definition) is 2. The van der Waals surface area contributed by atoms with Gasteiger partial charge >= 0.3 is 0 Å². The minimum atomic E-state index is -0.827. The molecule has 3 aromatic rings. The van der Waals surface area contributed by atoms with E-state index in [9.17, 15) is 9.50 Å². The lowest BCUT2D eigenvalue weighted by Crippen LogP contribution is -2.07. The van der Waals surface area contributed by atoms with E-state index in [0.29, 0.717) is 12.0 Å². The summed E-state index contributed by atoms with van der Waals surface area (Å²) in [6.07, 6.45) is -0.515. The van der Waals surface area contributed by atoms with E-state index in [0.717, 1.165) is 16.9 Å². The predicted molar refractivity (Wildman–Crippen MR) is 80.8 cm³/mol. The normalized spacial score (nSPS) is 12.8. The number of imidazole rings is 1. The fourth-order valence-electron chi connectivity index (χ4n) is 2.39. The molecule has 1 unspecified atom stereocenters. The molecule has 1 atom stereocenters. The maximum absolute atomic E-state index is 13.5. The van der Waals surface area contributed by atoms with Crippen molar-refractivity contribution in [3.8, 4) is 0 Å². The van der Waals surface area contributed by atoms with Crippen LogP contribution in [0.25, 0.3) is 11.0 Å². The first-order chi connectivity index (χ1) is 10.1. The molecule has 5 heteroatoms. The van der Waals surface area contributed by atoms with Gasteiger partial charge < -0.3 is 9.67 Å². The van der Waals surface area contributed by atoms with E-state index < -0.39 is 11.9 Å². The molecular formula is C16H14ClFN2O. The molecule has 0 bridgehead atoms. The predicted octanol–water partition coefficient (Wildman–Crippen LogP) is 3.64. The highest BCUT2D eigenvalue weighted by Crippen LogP contribution is 2.24. The third-order valence-electron chi connectivity index (χ3n) is 3.58. The highest BCUT2D eigenvalue weighted by Gasteiger charge is 2.15. The van der Waals surface area contributed by atoms with E-state index in [-0.39, 0.29) is 5.02 Å². The number of aromatic nitrogens is 2. The van der Waals surface area contributed by atoms with Gasteiger partial charge in [0, 0.05) is 13.5 Å². The zero-order valence-corrected chi connectivity index (χ0v) is 12.2. The van der Waals surface area contributed by atoms with Gasteiger partial charge in [-0.3, -0.25) is 0 Å². The van der Waals surface area contributed by atoms with Crippen LogP contribution in [0.2, 0.25) is 5.02 Å². The number of hydrogen-bond donors (Lipinski definition) is 1. The van der Waals surface area contributed by atoms with Crippen LogP contribution < -0.4 is 0 Å². The number of aliphatic hydroxyl groups excluding tert-OH is 1. The monoisotopic (exact) mass is 304 g/mol. The highest BCUT2D eigenvalue weighted by atomic mass is 35.5. The number of fused-ring (bicyclic) bond motifs is 1. The van der Waals surface area contributed by atoms with Gasteiger partial charge in [-0.15, -0.1) is 0 Å². The topological polar surface area (TPSA) is 38.0 Å². The van der Waals surface area contributed by atoms with Gasteiger partial charge in [-0.25, -0.2) is 9.37 Å². The Morgan fingerprint density at radius 1 is 1.29 bits per heavy atom. The third-order valence-corrected chi connectivity index (χ3v) is 3.89. The Hall–Kier alpha value is -1.91. The Kier molecular flexibility index (Phi) is 3.66. The Balaban J connectivity index is 1.90. The molecule has 0 saturated carbocycles. The Morgan fingerprint density at radius 3 is 2.76 bits per heavy atom. The fraction of sp³-hybridized carbons (Fsp3) is 0.188. The van der Waals surface area contributed by atoms with E-state index in [4.69, 9.17) is 11.6 Å². The van der Waals surface area contributed by atoms with Crippen molar-refractivity contribution >= 4 is 22.6 Å². The van der Waals surface area contributed by atoms with Crippen LogP contribution in [-0.4, -0.2) is 14.7 Å². The Bertz CT molecular complexity index is 800. The summed E-state index contributed by atoms with van der Waals surface area (Å²) in [5.74, 6) is 0.220. The van der Waals surface area contributed by atoms with E-state index >= 15 is 0 Å². The molecule has 0 radical (unpaired) electrons. The summed E-state index contributed by atoms with van der Waals surface area (Å²) in [7, 11) is 1.90. The van der Waals surface area contributed by atoms with Crippen molar-refractivity contribution in [3.63, 3.8) is 0 Å². The summed E-state index contributed by atoms with van der Waals surface area (Å²) in [5, 5.41) is 10.3. The molecule has 21 heavy (non-hydrogen) atoms. The molecule has 2 aromatic carbocycles. The highest BCUT2D eigenvalue weighted by molar-refractivity contribution is 6.30. The van der Waals surface area contributed by atoms with E-state index in [1.54, 1.807) is 6.07 Å². The average molecular weight is 305 g/mol. The fourth-order valence-corrected chi connectivity index (χ4v) is 2.51. The first-order valence-electron chi connectivity index (χ1n) is 6.59. The van der Waals surface area contributed by atoms with Crippen LogP contribution in [0, 0.1) is 5.82 Å². The number of benzene rings is 2. The molecule has 0 spiro atoms. The second-order valence-electron chi connectivity index (χ2n) is 4.97. The number of halogens is 2. The molecule has 0 aliphatic carbocycles. The van der Waals surface area contributed by atoms with Gasteiger partial charge in [0.25, 0.3) is 0 Å². The van der Waals surface area contributed by atoms with Crippen molar-refractivity contribution in [2.45, 2.75) is 12.5 Å². The molecule has 0 saturated heterocycles. The van der Waals surface area contributed by atoms with Crippen molar-refractivity contribution < 1.29 is 9.50 Å². The number of para-hydroxylation sites is 2. The molecular weight excluding hydrogens is 291 g/mol. The van der Waals surface area contributed by atoms with Crippen molar-refractivity contribution in [2.75, 3.05) is 0 Å². The number of nitrogens with zero attached hydrogens (tertiary/aromatic N) is 2. The third kappa shape index (κ3) is 2.64. The van der Waals surface area contributed by atoms with Gasteiger partial charge in [-0.2, -0.15) is 0 Å². The number of rotatable bonds is 3. The summed E-state index contributed by atoms with van der Waals surface area (Å²) in [4.78, 5) is 4.50. The quantitative estimate of drug-likeness (QED) is 0.802. The second-order valence-corrected chi connectivity index (χ2v) is 5.38. The van der Waals surface area contributed by atoms with Crippen LogP contribution in [0.1, 0.15) is 17.5 Å². The van der Waals surface area contributed by atoms with E-state index in [1.807, 2.05) is 35.9 Å². The van der Waals surface area contributed by atoms with Crippen LogP contribution in [0.5, 0.6) is 0 Å². The summed E-state index contributed by atoms with van der Waals surface area (Å²) in [5.41, 5.74) is 2.37. The first kappa shape index (κ1) is 14.0. The van der Waals surface area contributed by atoms with Crippen LogP contribution in [0.4, 0.5) is 4.39 Å². The van der Waals surface area contributed by atoms with Gasteiger partial charge in [0.1, 0.15) is 11.6 Å². The van der Waals surface area contributed by atoms with E-state index in [1.165, 1.54) is 12.1 Å². The lowest BCUT2D eigenvalue weighted by Gasteiger charge is -2.11. The molecule has 0 aliphatic heterocycles. The summed E-state index contributed by atoms with van der Waals surface area (Å²) in [6, 6.07) is 12.1. The van der Waals surface area contributed by atoms with Crippen LogP contribution in [-0.2, 0) is 13.5 Å². The van der Waals surface area contributed by atoms with Crippen molar-refractivity contribution in [2.24, 2.45) is 7.05 Å². The van der Waals surface area contributed by atoms with Crippen LogP contribution in [0.15, 0.2) is 42.5 Å². The van der Waals surface area contributed by atoms with E-state index in [2.05, 4.69) is 4.98 Å². The molecule has 0 amide bonds. The van der Waals surface area contributed by atoms with Crippen molar-refractivity contribution in [1.82, 2.24) is 9.55 Å². The molecule has 1 heterocycles. The second kappa shape index (κ2) is 5.47. The molecule has 0 fully saturated rings. The Morgan fingerprint density at radius 2 is 2.05 bits per heavy atom. The minimum Gasteiger partial charge on any atom is -0.388 e. The summed E-state index contributed by atoms with van der Waals surface area (Å²) < 4.78 is 15.4. The van der Waals surface area contributed by atoms with Crippen LogP contribution >= 0.6 is 11.6 Å². The standard InChI is InChI=1S/C16H14ClFN2O/c1-20-14-5-3-2-4-13(14)19-16(20)9-15(21)10-6-7-11(17)12(18)8-10/h2-8,15,21H,9H2,1H3. The zero-order valence-electron chi connectivity index (χ0n) is 11.4. The first-order valence-corrected chi connectivity index (χ1v) is 6.97.